The molecule has 170 valence electrons. The Bertz CT molecular complexity index is 1130. The van der Waals surface area contributed by atoms with E-state index in [-0.39, 0.29) is 23.8 Å². The summed E-state index contributed by atoms with van der Waals surface area (Å²) in [6.45, 7) is 9.31. The van der Waals surface area contributed by atoms with Crippen LogP contribution in [-0.4, -0.2) is 50.6 Å². The Kier molecular flexibility index (Phi) is 6.33. The van der Waals surface area contributed by atoms with Gasteiger partial charge >= 0.3 is 0 Å². The van der Waals surface area contributed by atoms with Crippen molar-refractivity contribution in [1.82, 2.24) is 25.0 Å². The third kappa shape index (κ3) is 4.28. The van der Waals surface area contributed by atoms with Crippen LogP contribution in [0.15, 0.2) is 23.6 Å². The standard InChI is InChI=1S/C24H31N5O2S/c1-14(2)15(3)25-23(30)17-8-10-29(11-9-17)24(31)18-13-19(20-7-6-12-32-20)26-22-21(18)16(4)27-28(22)5/h6-7,12-15,17H,8-11H2,1-5H3,(H,25,30). The Morgan fingerprint density at radius 1 is 1.22 bits per heavy atom. The summed E-state index contributed by atoms with van der Waals surface area (Å²) in [5, 5.41) is 10.4. The van der Waals surface area contributed by atoms with Gasteiger partial charge in [-0.25, -0.2) is 4.98 Å². The van der Waals surface area contributed by atoms with Crippen LogP contribution in [0.25, 0.3) is 21.6 Å². The monoisotopic (exact) mass is 453 g/mol. The number of rotatable bonds is 5. The van der Waals surface area contributed by atoms with Gasteiger partial charge in [-0.15, -0.1) is 11.3 Å². The highest BCUT2D eigenvalue weighted by atomic mass is 32.1. The van der Waals surface area contributed by atoms with Crippen LogP contribution in [0, 0.1) is 18.8 Å². The zero-order valence-corrected chi connectivity index (χ0v) is 20.2. The number of carbonyl (C=O) groups is 2. The Balaban J connectivity index is 1.56. The van der Waals surface area contributed by atoms with E-state index in [0.29, 0.717) is 43.1 Å². The molecule has 4 rings (SSSR count). The number of hydrogen-bond acceptors (Lipinski definition) is 5. The van der Waals surface area contributed by atoms with E-state index in [4.69, 9.17) is 4.98 Å². The molecule has 0 radical (unpaired) electrons. The maximum Gasteiger partial charge on any atom is 0.254 e. The van der Waals surface area contributed by atoms with Crippen LogP contribution in [0.2, 0.25) is 0 Å². The molecule has 7 nitrogen and oxygen atoms in total. The van der Waals surface area contributed by atoms with Gasteiger partial charge in [0.05, 0.1) is 27.2 Å². The van der Waals surface area contributed by atoms with E-state index < -0.39 is 0 Å². The Morgan fingerprint density at radius 2 is 1.94 bits per heavy atom. The van der Waals surface area contributed by atoms with Crippen LogP contribution in [0.5, 0.6) is 0 Å². The average molecular weight is 454 g/mol. The first-order valence-corrected chi connectivity index (χ1v) is 12.1. The van der Waals surface area contributed by atoms with Crippen LogP contribution < -0.4 is 5.32 Å². The highest BCUT2D eigenvalue weighted by Crippen LogP contribution is 2.31. The number of aromatic nitrogens is 3. The first kappa shape index (κ1) is 22.5. The molecule has 32 heavy (non-hydrogen) atoms. The van der Waals surface area contributed by atoms with Crippen LogP contribution in [0.4, 0.5) is 0 Å². The fourth-order valence-corrected chi connectivity index (χ4v) is 4.87. The molecule has 1 N–H and O–H groups in total. The summed E-state index contributed by atoms with van der Waals surface area (Å²) >= 11 is 1.60. The summed E-state index contributed by atoms with van der Waals surface area (Å²) in [5.41, 5.74) is 2.94. The first-order chi connectivity index (χ1) is 15.3. The molecule has 4 heterocycles. The van der Waals surface area contributed by atoms with Crippen molar-refractivity contribution in [3.8, 4) is 10.6 Å². The van der Waals surface area contributed by atoms with Gasteiger partial charge in [0.1, 0.15) is 0 Å². The summed E-state index contributed by atoms with van der Waals surface area (Å²) in [6.07, 6.45) is 1.36. The predicted octanol–water partition coefficient (Wildman–Crippen LogP) is 4.02. The Hall–Kier alpha value is -2.74. The quantitative estimate of drug-likeness (QED) is 0.633. The smallest absolute Gasteiger partial charge is 0.254 e. The van der Waals surface area contributed by atoms with Gasteiger partial charge in [-0.3, -0.25) is 14.3 Å². The van der Waals surface area contributed by atoms with Gasteiger partial charge in [0.15, 0.2) is 5.65 Å². The molecule has 1 saturated heterocycles. The van der Waals surface area contributed by atoms with Gasteiger partial charge in [0, 0.05) is 32.1 Å². The van der Waals surface area contributed by atoms with Crippen molar-refractivity contribution in [2.45, 2.75) is 46.6 Å². The minimum Gasteiger partial charge on any atom is -0.353 e. The number of aryl methyl sites for hydroxylation is 2. The van der Waals surface area contributed by atoms with E-state index >= 15 is 0 Å². The van der Waals surface area contributed by atoms with Crippen molar-refractivity contribution in [1.29, 1.82) is 0 Å². The number of thiophene rings is 1. The number of carbonyl (C=O) groups excluding carboxylic acids is 2. The molecule has 0 aliphatic carbocycles. The van der Waals surface area contributed by atoms with E-state index in [1.807, 2.05) is 49.4 Å². The molecule has 0 aromatic carbocycles. The molecule has 3 aromatic heterocycles. The lowest BCUT2D eigenvalue weighted by atomic mass is 9.94. The van der Waals surface area contributed by atoms with Crippen LogP contribution in [-0.2, 0) is 11.8 Å². The molecule has 1 fully saturated rings. The lowest BCUT2D eigenvalue weighted by Crippen LogP contribution is -2.45. The highest BCUT2D eigenvalue weighted by molar-refractivity contribution is 7.13. The van der Waals surface area contributed by atoms with E-state index in [1.54, 1.807) is 16.0 Å². The molecule has 1 unspecified atom stereocenters. The van der Waals surface area contributed by atoms with E-state index in [1.165, 1.54) is 0 Å². The number of piperidine rings is 1. The van der Waals surface area contributed by atoms with Gasteiger partial charge in [0.25, 0.3) is 5.91 Å². The average Bonchev–Trinajstić information content (AvgIpc) is 3.41. The lowest BCUT2D eigenvalue weighted by molar-refractivity contribution is -0.127. The number of pyridine rings is 1. The molecule has 1 aliphatic rings. The number of likely N-dealkylation sites (tertiary alicyclic amines) is 1. The summed E-state index contributed by atoms with van der Waals surface area (Å²) in [5.74, 6) is 0.447. The topological polar surface area (TPSA) is 80.1 Å². The Morgan fingerprint density at radius 3 is 2.56 bits per heavy atom. The summed E-state index contributed by atoms with van der Waals surface area (Å²) in [7, 11) is 1.86. The van der Waals surface area contributed by atoms with Crippen molar-refractivity contribution in [3.63, 3.8) is 0 Å². The molecule has 1 atom stereocenters. The minimum atomic E-state index is -0.0421. The van der Waals surface area contributed by atoms with Crippen molar-refractivity contribution in [2.75, 3.05) is 13.1 Å². The minimum absolute atomic E-state index is 0.0132. The second kappa shape index (κ2) is 9.02. The van der Waals surface area contributed by atoms with Gasteiger partial charge in [-0.05, 0) is 50.1 Å². The van der Waals surface area contributed by atoms with Crippen LogP contribution in [0.1, 0.15) is 49.7 Å². The zero-order valence-electron chi connectivity index (χ0n) is 19.4. The molecule has 8 heteroatoms. The van der Waals surface area contributed by atoms with Gasteiger partial charge in [-0.1, -0.05) is 19.9 Å². The zero-order chi connectivity index (χ0) is 23.0. The van der Waals surface area contributed by atoms with Crippen molar-refractivity contribution < 1.29 is 9.59 Å². The van der Waals surface area contributed by atoms with Crippen molar-refractivity contribution >= 4 is 34.2 Å². The van der Waals surface area contributed by atoms with Crippen LogP contribution >= 0.6 is 11.3 Å². The Labute approximate surface area is 192 Å². The fourth-order valence-electron chi connectivity index (χ4n) is 4.19. The molecule has 0 bridgehead atoms. The summed E-state index contributed by atoms with van der Waals surface area (Å²) in [4.78, 5) is 33.9. The van der Waals surface area contributed by atoms with Gasteiger partial charge < -0.3 is 10.2 Å². The van der Waals surface area contributed by atoms with E-state index in [0.717, 1.165) is 21.7 Å². The first-order valence-electron chi connectivity index (χ1n) is 11.2. The molecule has 2 amide bonds. The lowest BCUT2D eigenvalue weighted by Gasteiger charge is -2.32. The third-order valence-electron chi connectivity index (χ3n) is 6.50. The van der Waals surface area contributed by atoms with Gasteiger partial charge in [0.2, 0.25) is 5.91 Å². The predicted molar refractivity (Wildman–Crippen MR) is 128 cm³/mol. The number of fused-ring (bicyclic) bond motifs is 1. The number of hydrogen-bond donors (Lipinski definition) is 1. The fraction of sp³-hybridized carbons (Fsp3) is 0.500. The van der Waals surface area contributed by atoms with E-state index in [9.17, 15) is 9.59 Å². The molecule has 0 spiro atoms. The molecular weight excluding hydrogens is 422 g/mol. The normalized spacial score (nSPS) is 16.0. The van der Waals surface area contributed by atoms with Crippen molar-refractivity contribution in [3.05, 3.63) is 34.8 Å². The molecule has 0 saturated carbocycles. The largest absolute Gasteiger partial charge is 0.353 e. The SMILES string of the molecule is Cc1nn(C)c2nc(-c3cccs3)cc(C(=O)N3CCC(C(=O)NC(C)C(C)C)CC3)c12. The number of nitrogens with one attached hydrogen (secondary N) is 1. The molecular formula is C24H31N5O2S. The molecule has 1 aliphatic heterocycles. The van der Waals surface area contributed by atoms with Crippen LogP contribution in [0.3, 0.4) is 0 Å². The van der Waals surface area contributed by atoms with E-state index in [2.05, 4.69) is 24.3 Å². The molecule has 3 aromatic rings. The van der Waals surface area contributed by atoms with Crippen molar-refractivity contribution in [2.24, 2.45) is 18.9 Å². The third-order valence-corrected chi connectivity index (χ3v) is 7.39. The second-order valence-corrected chi connectivity index (χ2v) is 10.00. The maximum atomic E-state index is 13.6. The number of amides is 2. The van der Waals surface area contributed by atoms with Gasteiger partial charge in [-0.2, -0.15) is 5.10 Å². The summed E-state index contributed by atoms with van der Waals surface area (Å²) < 4.78 is 1.74. The second-order valence-electron chi connectivity index (χ2n) is 9.05. The highest BCUT2D eigenvalue weighted by Gasteiger charge is 2.30. The maximum absolute atomic E-state index is 13.6. The number of nitrogens with zero attached hydrogens (tertiary/aromatic N) is 4. The summed E-state index contributed by atoms with van der Waals surface area (Å²) in [6, 6.07) is 6.04.